The first-order valence-corrected chi connectivity index (χ1v) is 37.7. The van der Waals surface area contributed by atoms with E-state index in [1.54, 1.807) is 27.7 Å². The largest absolute Gasteiger partial charge is 0.0648 e. The highest BCUT2D eigenvalue weighted by atomic mass is 14.3. The zero-order chi connectivity index (χ0) is 97.3. The summed E-state index contributed by atoms with van der Waals surface area (Å²) < 4.78 is 151. The van der Waals surface area contributed by atoms with Gasteiger partial charge in [0.05, 0.1) is 5.48 Å². The van der Waals surface area contributed by atoms with E-state index >= 15 is 0 Å². The van der Waals surface area contributed by atoms with Gasteiger partial charge in [0, 0.05) is 20.6 Å². The summed E-state index contributed by atoms with van der Waals surface area (Å²) in [4.78, 5) is 0. The van der Waals surface area contributed by atoms with Gasteiger partial charge in [0.25, 0.3) is 0 Å². The second kappa shape index (κ2) is 40.1. The fourth-order valence-corrected chi connectivity index (χ4v) is 13.5. The molecule has 0 aliphatic heterocycles. The molecule has 0 bridgehead atoms. The molecule has 0 aliphatic carbocycles. The van der Waals surface area contributed by atoms with Crippen LogP contribution in [0.4, 0.5) is 0 Å². The van der Waals surface area contributed by atoms with Crippen LogP contribution in [-0.2, 0) is 48.7 Å². The van der Waals surface area contributed by atoms with Crippen molar-refractivity contribution in [2.45, 2.75) is 369 Å². The summed E-state index contributed by atoms with van der Waals surface area (Å²) in [6.45, 7) is 71.3. The second-order valence-electron chi connectivity index (χ2n) is 37.9. The van der Waals surface area contributed by atoms with Crippen LogP contribution in [0.5, 0.6) is 0 Å². The topological polar surface area (TPSA) is 0 Å². The van der Waals surface area contributed by atoms with Gasteiger partial charge < -0.3 is 0 Å². The molecular formula is C104H160. The van der Waals surface area contributed by atoms with Crippen molar-refractivity contribution < 1.29 is 26.0 Å². The standard InChI is InChI=1S/2C17H28.C13H20.2C12H18.3C11H16/c1-12(2)13-10-9-11-14(16(3,4)5)15(13)17(6,7)8;1-8-13(4)15-11-9-10-14(12(2)3)16(15)17(5,6)7;1-10(2)11-8-6-7-9-12(11)13(3,4)5;2*1-9-7-6-8-10(2)11(9)12(3,4)5;1-9-6-5-7-10(8-9)11(2,3)4;2*1-9-7-5-6-8-10(9)11(2,3)4/h9-12H,1-8H3;9-13H,8H2,1-7H3;6-10H,1-5H3;2*6-8H,1-5H3;3*5-8H,1-4H3/i12D;2D3,3D3,4D3,8D2,12D,13D;10D;;;5D,6D,7D,8D;;. The normalized spacial score (nSPS) is 16.2. The minimum Gasteiger partial charge on any atom is -0.0648 e. The summed E-state index contributed by atoms with van der Waals surface area (Å²) in [6, 6.07) is 48.5. The van der Waals surface area contributed by atoms with Crippen molar-refractivity contribution in [3.63, 3.8) is 0 Å². The van der Waals surface area contributed by atoms with Crippen LogP contribution in [-0.4, -0.2) is 0 Å². The molecule has 8 aromatic rings. The zero-order valence-electron chi connectivity index (χ0n) is 92.4. The maximum Gasteiger partial charge on any atom is 0.0629 e. The van der Waals surface area contributed by atoms with Gasteiger partial charge in [-0.2, -0.15) is 0 Å². The van der Waals surface area contributed by atoms with E-state index in [0.29, 0.717) is 11.1 Å². The molecule has 0 aromatic heterocycles. The Bertz CT molecular complexity index is 4390. The van der Waals surface area contributed by atoms with Gasteiger partial charge in [-0.1, -0.05) is 417 Å². The summed E-state index contributed by atoms with van der Waals surface area (Å²) in [7, 11) is 0. The lowest BCUT2D eigenvalue weighted by Crippen LogP contribution is -2.24. The number of hydrogen-bond donors (Lipinski definition) is 0. The summed E-state index contributed by atoms with van der Waals surface area (Å²) in [6.07, 6.45) is -2.61. The number of benzene rings is 8. The number of hydrogen-bond acceptors (Lipinski definition) is 0. The van der Waals surface area contributed by atoms with Crippen molar-refractivity contribution in [2.24, 2.45) is 0 Å². The molecule has 8 rings (SSSR count). The van der Waals surface area contributed by atoms with Crippen molar-refractivity contribution in [1.82, 2.24) is 0 Å². The summed E-state index contributed by atoms with van der Waals surface area (Å²) in [5.41, 5.74) is 20.6. The summed E-state index contributed by atoms with van der Waals surface area (Å²) >= 11 is 0. The van der Waals surface area contributed by atoms with Gasteiger partial charge in [-0.3, -0.25) is 0 Å². The lowest BCUT2D eigenvalue weighted by molar-refractivity contribution is 0.521. The average molecular weight is 1430 g/mol. The molecule has 0 amide bonds. The molecule has 1 unspecified atom stereocenters. The molecule has 0 fully saturated rings. The van der Waals surface area contributed by atoms with E-state index in [1.165, 1.54) is 84.5 Å². The van der Waals surface area contributed by atoms with E-state index in [1.807, 2.05) is 54.5 Å². The highest BCUT2D eigenvalue weighted by molar-refractivity contribution is 5.47. The molecule has 0 saturated carbocycles. The summed E-state index contributed by atoms with van der Waals surface area (Å²) in [5, 5.41) is 0. The van der Waals surface area contributed by atoms with Gasteiger partial charge >= 0.3 is 0 Å². The van der Waals surface area contributed by atoms with Crippen molar-refractivity contribution in [2.75, 3.05) is 0 Å². The molecule has 576 valence electrons. The molecule has 8 aromatic carbocycles. The molecule has 0 N–H and O–H groups in total. The minimum atomic E-state index is -3.31. The predicted molar refractivity (Wildman–Crippen MR) is 474 cm³/mol. The quantitative estimate of drug-likeness (QED) is 0.161. The molecule has 0 spiro atoms. The molecule has 104 heavy (non-hydrogen) atoms. The highest BCUT2D eigenvalue weighted by Crippen LogP contribution is 2.41. The number of rotatable bonds is 5. The molecule has 0 nitrogen and oxygen atoms in total. The maximum atomic E-state index is 8.72. The Balaban J connectivity index is 0.000000722. The monoisotopic (exact) mass is 1430 g/mol. The molecule has 0 radical (unpaired) electrons. The Hall–Kier alpha value is -6.24. The van der Waals surface area contributed by atoms with Gasteiger partial charge in [0.1, 0.15) is 0 Å². The van der Waals surface area contributed by atoms with E-state index < -0.39 is 61.5 Å². The van der Waals surface area contributed by atoms with E-state index in [0.717, 1.165) is 24.1 Å². The van der Waals surface area contributed by atoms with Crippen LogP contribution < -0.4 is 0 Å². The number of aryl methyl sites for hydroxylation is 6. The molecular weight excluding hydrogens is 1250 g/mol. The minimum absolute atomic E-state index is 0.00185. The fraction of sp³-hybridized carbons (Fsp3) is 0.538. The first-order valence-electron chi connectivity index (χ1n) is 47.2. The molecule has 0 aliphatic rings. The Morgan fingerprint density at radius 3 is 0.885 bits per heavy atom. The highest BCUT2D eigenvalue weighted by Gasteiger charge is 2.29. The van der Waals surface area contributed by atoms with Gasteiger partial charge in [0.2, 0.25) is 0 Å². The van der Waals surface area contributed by atoms with Crippen LogP contribution in [0.3, 0.4) is 0 Å². The third-order valence-electron chi connectivity index (χ3n) is 17.9. The van der Waals surface area contributed by atoms with Crippen molar-refractivity contribution >= 4 is 0 Å². The van der Waals surface area contributed by atoms with Crippen molar-refractivity contribution in [1.29, 1.82) is 0 Å². The van der Waals surface area contributed by atoms with Crippen LogP contribution in [0, 0.1) is 48.5 Å². The molecule has 0 heteroatoms. The first-order chi connectivity index (χ1) is 54.5. The predicted octanol–water partition coefficient (Wildman–Crippen LogP) is 32.2. The SMILES string of the molecule is Cc1cccc(C)c1C(C)(C)C.Cc1cccc(C)c1C(C)(C)C.Cc1ccccc1C(C)(C)C.Cc1ccccc1C(C)(C)C.[2H]C(C)(C)c1cccc(C(C)(C)C)c1C(C)(C)C.[2H]C(C)(C)c1ccccc1C(C)(C)C.[2H]C([2H])([2H])C([2H])(c1cccc(C([2H])(C([2H])([2H])[2H])C([2H])([2H])C)c1C(C)(C)C)C([2H])([2H])[2H].[2H]c1c([2H])c(C)c([2H])c(C(C)(C)C)c1[2H]. The Labute approximate surface area is 673 Å². The van der Waals surface area contributed by atoms with Gasteiger partial charge in [-0.05, 0) is 233 Å². The van der Waals surface area contributed by atoms with Crippen LogP contribution in [0.2, 0.25) is 0 Å². The lowest BCUT2D eigenvalue weighted by atomic mass is 9.71. The van der Waals surface area contributed by atoms with Gasteiger partial charge in [0.15, 0.2) is 0 Å². The van der Waals surface area contributed by atoms with E-state index in [2.05, 4.69) is 308 Å². The van der Waals surface area contributed by atoms with Crippen LogP contribution in [0.25, 0.3) is 0 Å². The molecule has 1 atom stereocenters. The lowest BCUT2D eigenvalue weighted by Gasteiger charge is -2.33. The van der Waals surface area contributed by atoms with Crippen LogP contribution >= 0.6 is 0 Å². The second-order valence-corrected chi connectivity index (χ2v) is 37.9. The fourth-order valence-electron chi connectivity index (χ4n) is 13.5. The Kier molecular flexibility index (Phi) is 25.9. The van der Waals surface area contributed by atoms with E-state index in [9.17, 15) is 0 Å². The third-order valence-corrected chi connectivity index (χ3v) is 17.9. The Morgan fingerprint density at radius 2 is 0.596 bits per heavy atom. The zero-order valence-corrected chi connectivity index (χ0v) is 73.4. The van der Waals surface area contributed by atoms with E-state index in [-0.39, 0.29) is 78.6 Å². The Morgan fingerprint density at radius 1 is 0.298 bits per heavy atom. The molecule has 0 heterocycles. The molecule has 0 saturated heterocycles. The van der Waals surface area contributed by atoms with Crippen LogP contribution in [0.15, 0.2) is 170 Å². The van der Waals surface area contributed by atoms with Crippen LogP contribution in [0.1, 0.15) is 409 Å². The average Bonchev–Trinajstić information content (AvgIpc) is 0.703. The smallest absolute Gasteiger partial charge is 0.0629 e. The van der Waals surface area contributed by atoms with Gasteiger partial charge in [-0.15, -0.1) is 0 Å². The van der Waals surface area contributed by atoms with Crippen molar-refractivity contribution in [3.05, 3.63) is 281 Å². The van der Waals surface area contributed by atoms with E-state index in [4.69, 9.17) is 26.0 Å². The maximum absolute atomic E-state index is 8.72. The van der Waals surface area contributed by atoms with Gasteiger partial charge in [-0.25, -0.2) is 0 Å². The van der Waals surface area contributed by atoms with Crippen molar-refractivity contribution in [3.8, 4) is 0 Å². The third kappa shape index (κ3) is 31.7. The summed E-state index contributed by atoms with van der Waals surface area (Å²) in [5.74, 6) is -7.02. The first kappa shape index (κ1) is 67.1.